The third-order valence-electron chi connectivity index (χ3n) is 5.67. The van der Waals surface area contributed by atoms with E-state index < -0.39 is 0 Å². The molecule has 3 heteroatoms. The minimum Gasteiger partial charge on any atom is -0.489 e. The van der Waals surface area contributed by atoms with Gasteiger partial charge in [0.25, 0.3) is 0 Å². The summed E-state index contributed by atoms with van der Waals surface area (Å²) in [5.74, 6) is 1.56. The molecule has 2 aromatic rings. The molecule has 1 heterocycles. The average Bonchev–Trinajstić information content (AvgIpc) is 2.62. The number of nitrogens with zero attached hydrogens (tertiary/aromatic N) is 1. The first-order valence-electron chi connectivity index (χ1n) is 10.2. The first kappa shape index (κ1) is 20.7. The summed E-state index contributed by atoms with van der Waals surface area (Å²) >= 11 is 2.36. The van der Waals surface area contributed by atoms with Gasteiger partial charge in [0.1, 0.15) is 12.4 Å². The Bertz CT molecular complexity index is 771. The molecule has 1 aliphatic heterocycles. The highest BCUT2D eigenvalue weighted by molar-refractivity contribution is 14.1. The maximum atomic E-state index is 6.37. The van der Waals surface area contributed by atoms with Gasteiger partial charge in [0.05, 0.1) is 0 Å². The minimum atomic E-state index is 0.507. The zero-order valence-corrected chi connectivity index (χ0v) is 19.3. The van der Waals surface area contributed by atoms with Gasteiger partial charge in [0.2, 0.25) is 0 Å². The lowest BCUT2D eigenvalue weighted by molar-refractivity contribution is 0.150. The maximum absolute atomic E-state index is 6.37. The molecule has 0 unspecified atom stereocenters. The molecule has 1 aliphatic rings. The lowest BCUT2D eigenvalue weighted by Gasteiger charge is -2.34. The van der Waals surface area contributed by atoms with Crippen LogP contribution in [0.15, 0.2) is 36.4 Å². The predicted molar refractivity (Wildman–Crippen MR) is 122 cm³/mol. The van der Waals surface area contributed by atoms with E-state index in [2.05, 4.69) is 91.6 Å². The van der Waals surface area contributed by atoms with Crippen molar-refractivity contribution < 1.29 is 4.74 Å². The van der Waals surface area contributed by atoms with E-state index in [-0.39, 0.29) is 0 Å². The van der Waals surface area contributed by atoms with Crippen molar-refractivity contribution in [3.05, 3.63) is 62.2 Å². The van der Waals surface area contributed by atoms with Crippen LogP contribution in [0.2, 0.25) is 0 Å². The van der Waals surface area contributed by atoms with Gasteiger partial charge in [-0.15, -0.1) is 0 Å². The number of aryl methyl sites for hydroxylation is 1. The molecule has 3 rings (SSSR count). The molecular formula is C24H32INO. The molecular weight excluding hydrogens is 445 g/mol. The number of ether oxygens (including phenoxy) is 1. The molecule has 27 heavy (non-hydrogen) atoms. The molecule has 2 aromatic carbocycles. The molecule has 146 valence electrons. The number of likely N-dealkylation sites (tertiary alicyclic amines) is 1. The van der Waals surface area contributed by atoms with Gasteiger partial charge in [-0.25, -0.2) is 0 Å². The molecule has 1 atom stereocenters. The summed E-state index contributed by atoms with van der Waals surface area (Å²) in [7, 11) is 0. The van der Waals surface area contributed by atoms with Crippen LogP contribution in [-0.2, 0) is 13.2 Å². The van der Waals surface area contributed by atoms with Crippen molar-refractivity contribution in [2.45, 2.75) is 72.1 Å². The Morgan fingerprint density at radius 1 is 1.19 bits per heavy atom. The van der Waals surface area contributed by atoms with Crippen LogP contribution in [0.25, 0.3) is 0 Å². The molecule has 0 amide bonds. The van der Waals surface area contributed by atoms with Crippen molar-refractivity contribution in [1.82, 2.24) is 4.90 Å². The smallest absolute Gasteiger partial charge is 0.124 e. The van der Waals surface area contributed by atoms with E-state index in [1.165, 1.54) is 51.6 Å². The van der Waals surface area contributed by atoms with Gasteiger partial charge in [-0.2, -0.15) is 0 Å². The van der Waals surface area contributed by atoms with E-state index in [0.29, 0.717) is 18.6 Å². The van der Waals surface area contributed by atoms with Crippen LogP contribution in [0.1, 0.15) is 68.2 Å². The van der Waals surface area contributed by atoms with Crippen molar-refractivity contribution >= 4 is 22.6 Å². The van der Waals surface area contributed by atoms with Crippen LogP contribution in [0.3, 0.4) is 0 Å². The summed E-state index contributed by atoms with van der Waals surface area (Å²) in [6, 6.07) is 13.9. The van der Waals surface area contributed by atoms with Crippen LogP contribution in [0.5, 0.6) is 5.75 Å². The van der Waals surface area contributed by atoms with Crippen LogP contribution in [-0.4, -0.2) is 17.5 Å². The van der Waals surface area contributed by atoms with Crippen molar-refractivity contribution in [3.63, 3.8) is 0 Å². The first-order valence-corrected chi connectivity index (χ1v) is 11.3. The van der Waals surface area contributed by atoms with Gasteiger partial charge in [0.15, 0.2) is 0 Å². The SMILES string of the molecule is Cc1cc(CN2CCCC[C@H]2C)c(OCc2cccc(I)c2)cc1C(C)C. The summed E-state index contributed by atoms with van der Waals surface area (Å²) in [5.41, 5.74) is 5.33. The normalized spacial score (nSPS) is 18.1. The Labute approximate surface area is 178 Å². The molecule has 0 saturated carbocycles. The second-order valence-electron chi connectivity index (χ2n) is 8.21. The van der Waals surface area contributed by atoms with Crippen molar-refractivity contribution in [3.8, 4) is 5.75 Å². The van der Waals surface area contributed by atoms with Gasteiger partial charge < -0.3 is 4.74 Å². The van der Waals surface area contributed by atoms with Crippen LogP contribution >= 0.6 is 22.6 Å². The highest BCUT2D eigenvalue weighted by atomic mass is 127. The van der Waals surface area contributed by atoms with E-state index in [9.17, 15) is 0 Å². The topological polar surface area (TPSA) is 12.5 Å². The second kappa shape index (κ2) is 9.42. The Balaban J connectivity index is 1.85. The molecule has 0 N–H and O–H groups in total. The van der Waals surface area contributed by atoms with E-state index in [0.717, 1.165) is 12.3 Å². The van der Waals surface area contributed by atoms with Gasteiger partial charge in [-0.05, 0) is 96.6 Å². The fourth-order valence-electron chi connectivity index (χ4n) is 4.04. The van der Waals surface area contributed by atoms with E-state index in [4.69, 9.17) is 4.74 Å². The lowest BCUT2D eigenvalue weighted by Crippen LogP contribution is -2.36. The van der Waals surface area contributed by atoms with Crippen LogP contribution in [0.4, 0.5) is 0 Å². The van der Waals surface area contributed by atoms with Crippen LogP contribution < -0.4 is 4.74 Å². The number of rotatable bonds is 6. The number of benzene rings is 2. The van der Waals surface area contributed by atoms with E-state index in [1.807, 2.05) is 0 Å². The van der Waals surface area contributed by atoms with E-state index >= 15 is 0 Å². The number of piperidine rings is 1. The molecule has 0 aliphatic carbocycles. The maximum Gasteiger partial charge on any atom is 0.124 e. The predicted octanol–water partition coefficient (Wildman–Crippen LogP) is 6.68. The fraction of sp³-hybridized carbons (Fsp3) is 0.500. The highest BCUT2D eigenvalue weighted by Crippen LogP contribution is 2.31. The van der Waals surface area contributed by atoms with Crippen molar-refractivity contribution in [2.24, 2.45) is 0 Å². The molecule has 0 radical (unpaired) electrons. The Kier molecular flexibility index (Phi) is 7.21. The third kappa shape index (κ3) is 5.47. The lowest BCUT2D eigenvalue weighted by atomic mass is 9.94. The largest absolute Gasteiger partial charge is 0.489 e. The summed E-state index contributed by atoms with van der Waals surface area (Å²) in [5, 5.41) is 0. The van der Waals surface area contributed by atoms with Crippen LogP contribution in [0, 0.1) is 10.5 Å². The standard InChI is InChI=1S/C24H32INO/c1-17(2)23-14-24(27-16-20-9-7-10-22(25)13-20)21(12-18(23)3)15-26-11-6-5-8-19(26)4/h7,9-10,12-14,17,19H,5-6,8,11,15-16H2,1-4H3/t19-/m1/s1. The minimum absolute atomic E-state index is 0.507. The molecule has 1 saturated heterocycles. The van der Waals surface area contributed by atoms with Gasteiger partial charge in [0, 0.05) is 21.7 Å². The number of halogens is 1. The molecule has 2 nitrogen and oxygen atoms in total. The molecule has 1 fully saturated rings. The Hall–Kier alpha value is -1.07. The monoisotopic (exact) mass is 477 g/mol. The van der Waals surface area contributed by atoms with Crippen molar-refractivity contribution in [2.75, 3.05) is 6.54 Å². The van der Waals surface area contributed by atoms with Gasteiger partial charge in [-0.1, -0.05) is 38.5 Å². The van der Waals surface area contributed by atoms with Crippen molar-refractivity contribution in [1.29, 1.82) is 0 Å². The molecule has 0 spiro atoms. The summed E-state index contributed by atoms with van der Waals surface area (Å²) in [6.07, 6.45) is 3.98. The molecule has 0 bridgehead atoms. The number of hydrogen-bond donors (Lipinski definition) is 0. The zero-order chi connectivity index (χ0) is 19.4. The average molecular weight is 477 g/mol. The first-order chi connectivity index (χ1) is 12.9. The molecule has 0 aromatic heterocycles. The third-order valence-corrected chi connectivity index (χ3v) is 6.34. The second-order valence-corrected chi connectivity index (χ2v) is 9.45. The van der Waals surface area contributed by atoms with Gasteiger partial charge in [-0.3, -0.25) is 4.90 Å². The van der Waals surface area contributed by atoms with E-state index in [1.54, 1.807) is 0 Å². The Morgan fingerprint density at radius 2 is 2.00 bits per heavy atom. The number of hydrogen-bond acceptors (Lipinski definition) is 2. The summed E-state index contributed by atoms with van der Waals surface area (Å²) < 4.78 is 7.62. The summed E-state index contributed by atoms with van der Waals surface area (Å²) in [4.78, 5) is 2.62. The quantitative estimate of drug-likeness (QED) is 0.431. The van der Waals surface area contributed by atoms with Gasteiger partial charge >= 0.3 is 0 Å². The fourth-order valence-corrected chi connectivity index (χ4v) is 4.65. The summed E-state index contributed by atoms with van der Waals surface area (Å²) in [6.45, 7) is 11.9. The highest BCUT2D eigenvalue weighted by Gasteiger charge is 2.21. The zero-order valence-electron chi connectivity index (χ0n) is 17.1. The Morgan fingerprint density at radius 3 is 2.70 bits per heavy atom.